The van der Waals surface area contributed by atoms with E-state index in [9.17, 15) is 13.2 Å². The van der Waals surface area contributed by atoms with Crippen LogP contribution in [0.1, 0.15) is 34.6 Å². The molecule has 5 nitrogen and oxygen atoms in total. The first-order chi connectivity index (χ1) is 7.43. The Bertz CT molecular complexity index is 355. The van der Waals surface area contributed by atoms with E-state index in [-0.39, 0.29) is 17.7 Å². The lowest BCUT2D eigenvalue weighted by atomic mass is 10.1. The average molecular weight is 264 g/mol. The summed E-state index contributed by atoms with van der Waals surface area (Å²) in [5.74, 6) is -0.878. The van der Waals surface area contributed by atoms with Gasteiger partial charge in [0.1, 0.15) is 5.75 Å². The van der Waals surface area contributed by atoms with Crippen LogP contribution in [0.4, 0.5) is 0 Å². The largest absolute Gasteiger partial charge is 0.353 e. The molecule has 0 aliphatic rings. The maximum absolute atomic E-state index is 11.7. The maximum Gasteiger partial charge on any atom is 0.235 e. The minimum absolute atomic E-state index is 0.0383. The molecule has 0 spiro atoms. The van der Waals surface area contributed by atoms with Crippen molar-refractivity contribution in [2.45, 2.75) is 46.2 Å². The molecule has 1 atom stereocenters. The van der Waals surface area contributed by atoms with Gasteiger partial charge in [0, 0.05) is 11.6 Å². The van der Waals surface area contributed by atoms with Gasteiger partial charge in [-0.05, 0) is 26.7 Å². The topological polar surface area (TPSA) is 89.3 Å². The first-order valence-electron chi connectivity index (χ1n) is 5.71. The molecule has 0 aromatic carbocycles. The van der Waals surface area contributed by atoms with Gasteiger partial charge in [-0.2, -0.15) is 0 Å². The van der Waals surface area contributed by atoms with Gasteiger partial charge >= 0.3 is 0 Å². The highest BCUT2D eigenvalue weighted by Crippen LogP contribution is 2.05. The van der Waals surface area contributed by atoms with E-state index in [2.05, 4.69) is 5.32 Å². The Balaban J connectivity index is 4.39. The zero-order valence-electron chi connectivity index (χ0n) is 11.3. The number of nitrogens with one attached hydrogen (secondary N) is 1. The Hall–Kier alpha value is -0.620. The Morgan fingerprint density at radius 1 is 1.29 bits per heavy atom. The lowest BCUT2D eigenvalue weighted by molar-refractivity contribution is -0.119. The molecular weight excluding hydrogens is 240 g/mol. The zero-order valence-corrected chi connectivity index (χ0v) is 12.1. The van der Waals surface area contributed by atoms with E-state index in [4.69, 9.17) is 5.73 Å². The molecule has 17 heavy (non-hydrogen) atoms. The van der Waals surface area contributed by atoms with Gasteiger partial charge in [-0.1, -0.05) is 13.8 Å². The minimum atomic E-state index is -3.45. The van der Waals surface area contributed by atoms with Gasteiger partial charge in [0.05, 0.1) is 5.75 Å². The second-order valence-corrected chi connectivity index (χ2v) is 7.69. The van der Waals surface area contributed by atoms with Crippen LogP contribution in [0.3, 0.4) is 0 Å². The summed E-state index contributed by atoms with van der Waals surface area (Å²) in [6.07, 6.45) is 0. The standard InChI is InChI=1S/C11H24N2O3S/c1-8(2)9(3)13-10(14)6-17(15,16)7-11(4,5)12/h8-9H,6-7,12H2,1-5H3,(H,13,14). The summed E-state index contributed by atoms with van der Waals surface area (Å²) in [7, 11) is -3.45. The molecule has 0 aromatic heterocycles. The third kappa shape index (κ3) is 8.15. The number of carbonyl (C=O) groups excluding carboxylic acids is 1. The van der Waals surface area contributed by atoms with Gasteiger partial charge in [0.15, 0.2) is 9.84 Å². The van der Waals surface area contributed by atoms with Crippen molar-refractivity contribution in [1.29, 1.82) is 0 Å². The smallest absolute Gasteiger partial charge is 0.235 e. The van der Waals surface area contributed by atoms with Crippen LogP contribution < -0.4 is 11.1 Å². The molecule has 0 bridgehead atoms. The molecule has 0 saturated carbocycles. The molecule has 1 unspecified atom stereocenters. The fourth-order valence-electron chi connectivity index (χ4n) is 1.28. The van der Waals surface area contributed by atoms with Gasteiger partial charge in [-0.25, -0.2) is 8.42 Å². The summed E-state index contributed by atoms with van der Waals surface area (Å²) in [4.78, 5) is 11.5. The highest BCUT2D eigenvalue weighted by Gasteiger charge is 2.25. The summed E-state index contributed by atoms with van der Waals surface area (Å²) in [5, 5.41) is 2.66. The van der Waals surface area contributed by atoms with E-state index >= 15 is 0 Å². The number of hydrogen-bond donors (Lipinski definition) is 2. The van der Waals surface area contributed by atoms with E-state index in [1.54, 1.807) is 13.8 Å². The summed E-state index contributed by atoms with van der Waals surface area (Å²) >= 11 is 0. The summed E-state index contributed by atoms with van der Waals surface area (Å²) in [6, 6.07) is -0.0383. The van der Waals surface area contributed by atoms with Crippen LogP contribution in [-0.2, 0) is 14.6 Å². The van der Waals surface area contributed by atoms with E-state index < -0.39 is 27.0 Å². The van der Waals surface area contributed by atoms with Crippen LogP contribution in [0.15, 0.2) is 0 Å². The summed E-state index contributed by atoms with van der Waals surface area (Å²) < 4.78 is 23.3. The van der Waals surface area contributed by atoms with Gasteiger partial charge in [0.25, 0.3) is 0 Å². The van der Waals surface area contributed by atoms with Gasteiger partial charge in [0.2, 0.25) is 5.91 Å². The molecular formula is C11H24N2O3S. The zero-order chi connectivity index (χ0) is 13.9. The number of carbonyl (C=O) groups is 1. The number of amides is 1. The van der Waals surface area contributed by atoms with Crippen molar-refractivity contribution in [3.63, 3.8) is 0 Å². The highest BCUT2D eigenvalue weighted by atomic mass is 32.2. The number of rotatable bonds is 6. The first kappa shape index (κ1) is 16.4. The van der Waals surface area contributed by atoms with Crippen LogP contribution in [0.25, 0.3) is 0 Å². The van der Waals surface area contributed by atoms with Crippen LogP contribution >= 0.6 is 0 Å². The van der Waals surface area contributed by atoms with Crippen molar-refractivity contribution < 1.29 is 13.2 Å². The van der Waals surface area contributed by atoms with Crippen molar-refractivity contribution in [1.82, 2.24) is 5.32 Å². The molecule has 102 valence electrons. The van der Waals surface area contributed by atoms with Crippen molar-refractivity contribution >= 4 is 15.7 Å². The SMILES string of the molecule is CC(C)C(C)NC(=O)CS(=O)(=O)CC(C)(C)N. The van der Waals surface area contributed by atoms with E-state index in [1.165, 1.54) is 0 Å². The molecule has 0 aliphatic carbocycles. The fourth-order valence-corrected chi connectivity index (χ4v) is 3.00. The van der Waals surface area contributed by atoms with Gasteiger partial charge in [-0.15, -0.1) is 0 Å². The number of nitrogens with two attached hydrogens (primary N) is 1. The Labute approximate surface area is 104 Å². The third-order valence-electron chi connectivity index (χ3n) is 2.33. The molecule has 0 fully saturated rings. The van der Waals surface area contributed by atoms with Crippen molar-refractivity contribution in [3.05, 3.63) is 0 Å². The predicted octanol–water partition coefficient (Wildman–Crippen LogP) is 0.299. The van der Waals surface area contributed by atoms with Crippen LogP contribution in [0.2, 0.25) is 0 Å². The third-order valence-corrected chi connectivity index (χ3v) is 4.22. The fraction of sp³-hybridized carbons (Fsp3) is 0.909. The molecule has 0 heterocycles. The average Bonchev–Trinajstić information content (AvgIpc) is 1.96. The van der Waals surface area contributed by atoms with Crippen molar-refractivity contribution in [2.24, 2.45) is 11.7 Å². The van der Waals surface area contributed by atoms with Crippen molar-refractivity contribution in [2.75, 3.05) is 11.5 Å². The minimum Gasteiger partial charge on any atom is -0.353 e. The summed E-state index contributed by atoms with van der Waals surface area (Å²) in [5.41, 5.74) is 4.82. The molecule has 1 amide bonds. The number of sulfone groups is 1. The second-order valence-electron chi connectivity index (χ2n) is 5.62. The lowest BCUT2D eigenvalue weighted by Gasteiger charge is -2.20. The Kier molecular flexibility index (Phi) is 5.61. The van der Waals surface area contributed by atoms with E-state index in [0.29, 0.717) is 0 Å². The first-order valence-corrected chi connectivity index (χ1v) is 7.54. The predicted molar refractivity (Wildman–Crippen MR) is 69.4 cm³/mol. The maximum atomic E-state index is 11.7. The van der Waals surface area contributed by atoms with Gasteiger partial charge in [-0.3, -0.25) is 4.79 Å². The van der Waals surface area contributed by atoms with Crippen LogP contribution in [0.5, 0.6) is 0 Å². The highest BCUT2D eigenvalue weighted by molar-refractivity contribution is 7.92. The quantitative estimate of drug-likeness (QED) is 0.722. The van der Waals surface area contributed by atoms with E-state index in [1.807, 2.05) is 20.8 Å². The molecule has 0 saturated heterocycles. The molecule has 0 radical (unpaired) electrons. The van der Waals surface area contributed by atoms with Crippen LogP contribution in [0, 0.1) is 5.92 Å². The molecule has 6 heteroatoms. The lowest BCUT2D eigenvalue weighted by Crippen LogP contribution is -2.44. The Morgan fingerprint density at radius 2 is 1.76 bits per heavy atom. The van der Waals surface area contributed by atoms with Crippen LogP contribution in [-0.4, -0.2) is 37.4 Å². The monoisotopic (exact) mass is 264 g/mol. The molecule has 0 aromatic rings. The normalized spacial score (nSPS) is 14.8. The number of hydrogen-bond acceptors (Lipinski definition) is 4. The second kappa shape index (κ2) is 5.82. The molecule has 3 N–H and O–H groups in total. The van der Waals surface area contributed by atoms with Gasteiger partial charge < -0.3 is 11.1 Å². The Morgan fingerprint density at radius 3 is 2.12 bits per heavy atom. The summed E-state index contributed by atoms with van der Waals surface area (Å²) in [6.45, 7) is 9.02. The van der Waals surface area contributed by atoms with E-state index in [0.717, 1.165) is 0 Å². The molecule has 0 rings (SSSR count). The molecule has 0 aliphatic heterocycles. The van der Waals surface area contributed by atoms with Crippen molar-refractivity contribution in [3.8, 4) is 0 Å².